The molecule has 0 bridgehead atoms. The maximum absolute atomic E-state index is 5.79. The van der Waals surface area contributed by atoms with Crippen molar-refractivity contribution in [1.29, 1.82) is 0 Å². The maximum atomic E-state index is 5.79. The maximum Gasteiger partial charge on any atom is 0.114 e. The van der Waals surface area contributed by atoms with E-state index in [1.807, 2.05) is 29.8 Å². The summed E-state index contributed by atoms with van der Waals surface area (Å²) in [5.41, 5.74) is 1.88. The van der Waals surface area contributed by atoms with Crippen LogP contribution in [-0.4, -0.2) is 15.0 Å². The predicted molar refractivity (Wildman–Crippen MR) is 48.2 cm³/mol. The minimum absolute atomic E-state index is 0.700. The Labute approximate surface area is 74.9 Å². The summed E-state index contributed by atoms with van der Waals surface area (Å²) >= 11 is 5.79. The third-order valence-corrected chi connectivity index (χ3v) is 2.01. The highest BCUT2D eigenvalue weighted by Crippen LogP contribution is 2.16. The van der Waals surface area contributed by atoms with Gasteiger partial charge in [-0.3, -0.25) is 0 Å². The summed E-state index contributed by atoms with van der Waals surface area (Å²) in [5.74, 6) is 0. The molecule has 1 aromatic heterocycles. The zero-order valence-electron chi connectivity index (χ0n) is 6.66. The van der Waals surface area contributed by atoms with E-state index in [9.17, 15) is 0 Å². The predicted octanol–water partition coefficient (Wildman–Crippen LogP) is 2.10. The second kappa shape index (κ2) is 2.75. The average molecular weight is 182 g/mol. The first-order valence-electron chi connectivity index (χ1n) is 3.80. The molecule has 0 saturated heterocycles. The molecule has 1 heterocycles. The number of benzene rings is 1. The van der Waals surface area contributed by atoms with E-state index in [0.29, 0.717) is 5.02 Å². The second-order valence-electron chi connectivity index (χ2n) is 2.54. The Morgan fingerprint density at radius 1 is 1.50 bits per heavy atom. The quantitative estimate of drug-likeness (QED) is 0.675. The Kier molecular flexibility index (Phi) is 1.73. The lowest BCUT2D eigenvalue weighted by molar-refractivity contribution is 0.646. The highest BCUT2D eigenvalue weighted by Gasteiger charge is 2.01. The number of fused-ring (bicyclic) bond motifs is 1. The van der Waals surface area contributed by atoms with E-state index in [4.69, 9.17) is 11.6 Å². The van der Waals surface area contributed by atoms with Crippen LogP contribution in [0.15, 0.2) is 18.2 Å². The van der Waals surface area contributed by atoms with Gasteiger partial charge in [-0.15, -0.1) is 5.10 Å². The molecular formula is C8H8ClN3. The van der Waals surface area contributed by atoms with Gasteiger partial charge >= 0.3 is 0 Å². The Morgan fingerprint density at radius 3 is 3.08 bits per heavy atom. The zero-order valence-corrected chi connectivity index (χ0v) is 7.41. The van der Waals surface area contributed by atoms with Crippen LogP contribution < -0.4 is 0 Å². The van der Waals surface area contributed by atoms with Gasteiger partial charge in [0.2, 0.25) is 0 Å². The molecular weight excluding hydrogens is 174 g/mol. The van der Waals surface area contributed by atoms with Crippen LogP contribution in [0.25, 0.3) is 11.0 Å². The van der Waals surface area contributed by atoms with Gasteiger partial charge in [0.05, 0.1) is 5.52 Å². The number of hydrogen-bond donors (Lipinski definition) is 0. The second-order valence-corrected chi connectivity index (χ2v) is 2.97. The summed E-state index contributed by atoms with van der Waals surface area (Å²) < 4.78 is 1.84. The van der Waals surface area contributed by atoms with Crippen LogP contribution in [-0.2, 0) is 6.54 Å². The summed E-state index contributed by atoms with van der Waals surface area (Å²) in [4.78, 5) is 0. The molecule has 0 unspecified atom stereocenters. The highest BCUT2D eigenvalue weighted by molar-refractivity contribution is 6.31. The molecule has 12 heavy (non-hydrogen) atoms. The lowest BCUT2D eigenvalue weighted by Crippen LogP contribution is -1.95. The monoisotopic (exact) mass is 181 g/mol. The standard InChI is InChI=1S/C8H8ClN3/c1-2-12-8-4-3-6(9)5-7(8)10-11-12/h3-5H,2H2,1H3. The number of halogens is 1. The molecule has 0 fully saturated rings. The van der Waals surface area contributed by atoms with Gasteiger partial charge in [-0.05, 0) is 25.1 Å². The molecule has 2 rings (SSSR count). The van der Waals surface area contributed by atoms with Crippen molar-refractivity contribution in [2.45, 2.75) is 13.5 Å². The minimum atomic E-state index is 0.700. The van der Waals surface area contributed by atoms with Gasteiger partial charge < -0.3 is 0 Å². The lowest BCUT2D eigenvalue weighted by atomic mass is 10.3. The topological polar surface area (TPSA) is 30.7 Å². The number of aromatic nitrogens is 3. The molecule has 1 aromatic carbocycles. The van der Waals surface area contributed by atoms with Crippen LogP contribution in [0.2, 0.25) is 5.02 Å². The smallest absolute Gasteiger partial charge is 0.114 e. The Balaban J connectivity index is 2.73. The van der Waals surface area contributed by atoms with Gasteiger partial charge in [-0.25, -0.2) is 4.68 Å². The fourth-order valence-corrected chi connectivity index (χ4v) is 1.35. The fraction of sp³-hybridized carbons (Fsp3) is 0.250. The highest BCUT2D eigenvalue weighted by atomic mass is 35.5. The summed E-state index contributed by atoms with van der Waals surface area (Å²) in [5, 5.41) is 8.64. The number of aryl methyl sites for hydroxylation is 1. The average Bonchev–Trinajstić information content (AvgIpc) is 2.46. The van der Waals surface area contributed by atoms with E-state index in [0.717, 1.165) is 17.6 Å². The van der Waals surface area contributed by atoms with E-state index < -0.39 is 0 Å². The summed E-state index contributed by atoms with van der Waals surface area (Å²) in [6, 6.07) is 5.59. The molecule has 0 aliphatic rings. The van der Waals surface area contributed by atoms with E-state index in [2.05, 4.69) is 10.3 Å². The van der Waals surface area contributed by atoms with Crippen LogP contribution in [0.4, 0.5) is 0 Å². The van der Waals surface area contributed by atoms with Crippen molar-refractivity contribution >= 4 is 22.6 Å². The Morgan fingerprint density at radius 2 is 2.33 bits per heavy atom. The van der Waals surface area contributed by atoms with Crippen molar-refractivity contribution in [2.24, 2.45) is 0 Å². The normalized spacial score (nSPS) is 10.8. The molecule has 0 atom stereocenters. The van der Waals surface area contributed by atoms with Gasteiger partial charge in [0.15, 0.2) is 0 Å². The summed E-state index contributed by atoms with van der Waals surface area (Å²) in [7, 11) is 0. The van der Waals surface area contributed by atoms with Gasteiger partial charge in [0.1, 0.15) is 5.52 Å². The van der Waals surface area contributed by atoms with Crippen LogP contribution in [0.3, 0.4) is 0 Å². The van der Waals surface area contributed by atoms with Crippen molar-refractivity contribution in [3.05, 3.63) is 23.2 Å². The zero-order chi connectivity index (χ0) is 8.55. The first kappa shape index (κ1) is 7.55. The third kappa shape index (κ3) is 1.06. The van der Waals surface area contributed by atoms with Gasteiger partial charge in [0.25, 0.3) is 0 Å². The van der Waals surface area contributed by atoms with E-state index in [1.165, 1.54) is 0 Å². The molecule has 0 aliphatic carbocycles. The first-order valence-corrected chi connectivity index (χ1v) is 4.18. The van der Waals surface area contributed by atoms with Crippen molar-refractivity contribution in [1.82, 2.24) is 15.0 Å². The van der Waals surface area contributed by atoms with Crippen LogP contribution >= 0.6 is 11.6 Å². The molecule has 0 radical (unpaired) electrons. The third-order valence-electron chi connectivity index (χ3n) is 1.78. The molecule has 0 amide bonds. The van der Waals surface area contributed by atoms with Gasteiger partial charge in [-0.2, -0.15) is 0 Å². The number of nitrogens with zero attached hydrogens (tertiary/aromatic N) is 3. The summed E-state index contributed by atoms with van der Waals surface area (Å²) in [6.45, 7) is 2.86. The van der Waals surface area contributed by atoms with E-state index in [-0.39, 0.29) is 0 Å². The SMILES string of the molecule is CCn1nnc2cc(Cl)ccc21. The molecule has 0 aliphatic heterocycles. The summed E-state index contributed by atoms with van der Waals surface area (Å²) in [6.07, 6.45) is 0. The molecule has 2 aromatic rings. The van der Waals surface area contributed by atoms with Gasteiger partial charge in [-0.1, -0.05) is 16.8 Å². The number of rotatable bonds is 1. The minimum Gasteiger partial charge on any atom is -0.245 e. The van der Waals surface area contributed by atoms with Crippen molar-refractivity contribution in [3.8, 4) is 0 Å². The van der Waals surface area contributed by atoms with Crippen molar-refractivity contribution in [3.63, 3.8) is 0 Å². The molecule has 62 valence electrons. The first-order chi connectivity index (χ1) is 5.81. The van der Waals surface area contributed by atoms with Crippen LogP contribution in [0, 0.1) is 0 Å². The van der Waals surface area contributed by atoms with E-state index >= 15 is 0 Å². The van der Waals surface area contributed by atoms with Crippen LogP contribution in [0.5, 0.6) is 0 Å². The molecule has 0 N–H and O–H groups in total. The van der Waals surface area contributed by atoms with Gasteiger partial charge in [0, 0.05) is 11.6 Å². The Hall–Kier alpha value is -1.09. The van der Waals surface area contributed by atoms with E-state index in [1.54, 1.807) is 0 Å². The largest absolute Gasteiger partial charge is 0.245 e. The number of hydrogen-bond acceptors (Lipinski definition) is 2. The Bertz CT molecular complexity index is 408. The molecule has 0 saturated carbocycles. The lowest BCUT2D eigenvalue weighted by Gasteiger charge is -1.94. The van der Waals surface area contributed by atoms with Crippen molar-refractivity contribution < 1.29 is 0 Å². The molecule has 4 heteroatoms. The molecule has 0 spiro atoms. The van der Waals surface area contributed by atoms with Crippen molar-refractivity contribution in [2.75, 3.05) is 0 Å². The fourth-order valence-electron chi connectivity index (χ4n) is 1.18. The van der Waals surface area contributed by atoms with Crippen LogP contribution in [0.1, 0.15) is 6.92 Å². The molecule has 3 nitrogen and oxygen atoms in total.